The molecule has 2 aliphatic carbocycles. The van der Waals surface area contributed by atoms with Crippen molar-refractivity contribution in [3.8, 4) is 0 Å². The maximum atomic E-state index is 12.9. The van der Waals surface area contributed by atoms with Gasteiger partial charge in [0.2, 0.25) is 11.8 Å². The lowest BCUT2D eigenvalue weighted by atomic mass is 9.88. The molecule has 3 atom stereocenters. The van der Waals surface area contributed by atoms with Crippen LogP contribution >= 0.6 is 0 Å². The van der Waals surface area contributed by atoms with Crippen LogP contribution in [-0.2, 0) is 16.1 Å². The van der Waals surface area contributed by atoms with Gasteiger partial charge in [0.15, 0.2) is 0 Å². The van der Waals surface area contributed by atoms with Crippen molar-refractivity contribution in [1.29, 1.82) is 0 Å². The van der Waals surface area contributed by atoms with Gasteiger partial charge in [-0.15, -0.1) is 0 Å². The van der Waals surface area contributed by atoms with Crippen molar-refractivity contribution in [3.05, 3.63) is 18.0 Å². The molecule has 6 nitrogen and oxygen atoms in total. The number of nitrogens with one attached hydrogen (secondary N) is 1. The standard InChI is InChI=1S/C16H20F2N4O2/c1-9-4-12(9)15(24)21-7-11-2-3-19-22(11)13(8-21)14(23)20-10-5-16(17,18)6-10/h2-3,9-10,12-13H,4-8H2,1H3,(H,20,23)/t9-,12-,13-/m1/s1. The second-order valence-corrected chi connectivity index (χ2v) is 7.29. The SMILES string of the molecule is C[C@@H]1C[C@H]1C(=O)N1Cc2ccnn2[C@@H](C(=O)NC2CC(F)(F)C2)C1. The summed E-state index contributed by atoms with van der Waals surface area (Å²) in [4.78, 5) is 26.7. The van der Waals surface area contributed by atoms with Crippen LogP contribution in [0.15, 0.2) is 12.3 Å². The first-order valence-corrected chi connectivity index (χ1v) is 8.33. The molecule has 0 radical (unpaired) electrons. The van der Waals surface area contributed by atoms with E-state index in [2.05, 4.69) is 10.4 Å². The summed E-state index contributed by atoms with van der Waals surface area (Å²) in [6, 6.07) is 0.630. The zero-order valence-electron chi connectivity index (χ0n) is 13.4. The monoisotopic (exact) mass is 338 g/mol. The zero-order valence-corrected chi connectivity index (χ0v) is 13.4. The van der Waals surface area contributed by atoms with Crippen LogP contribution in [0.5, 0.6) is 0 Å². The number of fused-ring (bicyclic) bond motifs is 1. The predicted octanol–water partition coefficient (Wildman–Crippen LogP) is 1.34. The number of halogens is 2. The van der Waals surface area contributed by atoms with E-state index in [1.807, 2.05) is 6.92 Å². The fourth-order valence-electron chi connectivity index (χ4n) is 3.62. The molecule has 2 fully saturated rings. The lowest BCUT2D eigenvalue weighted by Gasteiger charge is -2.38. The van der Waals surface area contributed by atoms with E-state index in [9.17, 15) is 18.4 Å². The van der Waals surface area contributed by atoms with Gasteiger partial charge in [-0.2, -0.15) is 5.10 Å². The molecule has 0 saturated heterocycles. The summed E-state index contributed by atoms with van der Waals surface area (Å²) in [5.74, 6) is -2.50. The Kier molecular flexibility index (Phi) is 3.40. The Labute approximate surface area is 138 Å². The number of carbonyl (C=O) groups excluding carboxylic acids is 2. The van der Waals surface area contributed by atoms with Gasteiger partial charge in [-0.1, -0.05) is 6.92 Å². The van der Waals surface area contributed by atoms with Crippen LogP contribution < -0.4 is 5.32 Å². The third-order valence-corrected chi connectivity index (χ3v) is 5.27. The van der Waals surface area contributed by atoms with E-state index < -0.39 is 18.0 Å². The topological polar surface area (TPSA) is 67.2 Å². The van der Waals surface area contributed by atoms with Crippen LogP contribution in [-0.4, -0.2) is 45.0 Å². The molecule has 8 heteroatoms. The summed E-state index contributed by atoms with van der Waals surface area (Å²) in [7, 11) is 0. The molecule has 0 bridgehead atoms. The highest BCUT2D eigenvalue weighted by Gasteiger charge is 2.48. The van der Waals surface area contributed by atoms with Crippen LogP contribution in [0.4, 0.5) is 8.78 Å². The highest BCUT2D eigenvalue weighted by Crippen LogP contribution is 2.40. The van der Waals surface area contributed by atoms with Crippen LogP contribution in [0, 0.1) is 11.8 Å². The number of alkyl halides is 2. The van der Waals surface area contributed by atoms with Crippen LogP contribution in [0.3, 0.4) is 0 Å². The Balaban J connectivity index is 1.47. The van der Waals surface area contributed by atoms with E-state index in [0.29, 0.717) is 12.5 Å². The van der Waals surface area contributed by atoms with Crippen molar-refractivity contribution in [2.75, 3.05) is 6.54 Å². The Hall–Kier alpha value is -1.99. The first-order chi connectivity index (χ1) is 11.3. The van der Waals surface area contributed by atoms with Gasteiger partial charge >= 0.3 is 0 Å². The van der Waals surface area contributed by atoms with E-state index in [-0.39, 0.29) is 37.1 Å². The Morgan fingerprint density at radius 2 is 2.08 bits per heavy atom. The molecule has 130 valence electrons. The molecule has 3 aliphatic rings. The minimum atomic E-state index is -2.68. The van der Waals surface area contributed by atoms with Crippen molar-refractivity contribution in [3.63, 3.8) is 0 Å². The average Bonchev–Trinajstić information content (AvgIpc) is 3.04. The third-order valence-electron chi connectivity index (χ3n) is 5.27. The van der Waals surface area contributed by atoms with Gasteiger partial charge in [-0.25, -0.2) is 8.78 Å². The van der Waals surface area contributed by atoms with Crippen molar-refractivity contribution in [2.45, 2.75) is 50.7 Å². The molecule has 2 amide bonds. The summed E-state index contributed by atoms with van der Waals surface area (Å²) >= 11 is 0. The molecule has 1 aromatic rings. The fourth-order valence-corrected chi connectivity index (χ4v) is 3.62. The smallest absolute Gasteiger partial charge is 0.252 e. The predicted molar refractivity (Wildman–Crippen MR) is 80.1 cm³/mol. The second-order valence-electron chi connectivity index (χ2n) is 7.29. The fraction of sp³-hybridized carbons (Fsp3) is 0.688. The molecular formula is C16H20F2N4O2. The molecule has 0 unspecified atom stereocenters. The highest BCUT2D eigenvalue weighted by atomic mass is 19.3. The highest BCUT2D eigenvalue weighted by molar-refractivity contribution is 5.85. The lowest BCUT2D eigenvalue weighted by Crippen LogP contribution is -2.54. The van der Waals surface area contributed by atoms with Crippen LogP contribution in [0.1, 0.15) is 37.9 Å². The number of aromatic nitrogens is 2. The van der Waals surface area contributed by atoms with Gasteiger partial charge in [-0.05, 0) is 18.4 Å². The summed E-state index contributed by atoms with van der Waals surface area (Å²) in [6.45, 7) is 2.72. The summed E-state index contributed by atoms with van der Waals surface area (Å²) < 4.78 is 27.5. The van der Waals surface area contributed by atoms with Crippen molar-refractivity contribution >= 4 is 11.8 Å². The Morgan fingerprint density at radius 3 is 2.71 bits per heavy atom. The summed E-state index contributed by atoms with van der Waals surface area (Å²) in [6.07, 6.45) is 1.85. The molecule has 4 rings (SSSR count). The minimum absolute atomic E-state index is 0.0495. The number of amides is 2. The lowest BCUT2D eigenvalue weighted by molar-refractivity contribution is -0.138. The second kappa shape index (κ2) is 5.26. The zero-order chi connectivity index (χ0) is 17.1. The Bertz CT molecular complexity index is 681. The van der Waals surface area contributed by atoms with Crippen molar-refractivity contribution < 1.29 is 18.4 Å². The number of hydrogen-bond donors (Lipinski definition) is 1. The number of rotatable bonds is 3. The first kappa shape index (κ1) is 15.5. The molecule has 2 heterocycles. The van der Waals surface area contributed by atoms with Crippen LogP contribution in [0.25, 0.3) is 0 Å². The van der Waals surface area contributed by atoms with E-state index in [1.165, 1.54) is 0 Å². The third kappa shape index (κ3) is 2.67. The van der Waals surface area contributed by atoms with Crippen molar-refractivity contribution in [2.24, 2.45) is 11.8 Å². The largest absolute Gasteiger partial charge is 0.351 e. The van der Waals surface area contributed by atoms with Crippen molar-refractivity contribution in [1.82, 2.24) is 20.0 Å². The maximum absolute atomic E-state index is 12.9. The molecule has 1 N–H and O–H groups in total. The van der Waals surface area contributed by atoms with E-state index in [4.69, 9.17) is 0 Å². The quantitative estimate of drug-likeness (QED) is 0.904. The van der Waals surface area contributed by atoms with E-state index in [1.54, 1.807) is 21.8 Å². The number of nitrogens with zero attached hydrogens (tertiary/aromatic N) is 3. The number of carbonyl (C=O) groups is 2. The van der Waals surface area contributed by atoms with E-state index in [0.717, 1.165) is 12.1 Å². The average molecular weight is 338 g/mol. The molecule has 2 saturated carbocycles. The molecular weight excluding hydrogens is 318 g/mol. The summed E-state index contributed by atoms with van der Waals surface area (Å²) in [5, 5.41) is 6.85. The van der Waals surface area contributed by atoms with Gasteiger partial charge < -0.3 is 10.2 Å². The maximum Gasteiger partial charge on any atom is 0.252 e. The molecule has 1 aromatic heterocycles. The first-order valence-electron chi connectivity index (χ1n) is 8.33. The molecule has 0 spiro atoms. The van der Waals surface area contributed by atoms with Crippen LogP contribution in [0.2, 0.25) is 0 Å². The molecule has 24 heavy (non-hydrogen) atoms. The minimum Gasteiger partial charge on any atom is -0.351 e. The molecule has 0 aromatic carbocycles. The molecule has 1 aliphatic heterocycles. The van der Waals surface area contributed by atoms with Gasteiger partial charge in [0.05, 0.1) is 18.8 Å². The summed E-state index contributed by atoms with van der Waals surface area (Å²) in [5.41, 5.74) is 0.794. The Morgan fingerprint density at radius 1 is 1.38 bits per heavy atom. The normalized spacial score (nSPS) is 31.1. The van der Waals surface area contributed by atoms with E-state index >= 15 is 0 Å². The van der Waals surface area contributed by atoms with Gasteiger partial charge in [-0.3, -0.25) is 14.3 Å². The van der Waals surface area contributed by atoms with Gasteiger partial charge in [0, 0.05) is 31.0 Å². The van der Waals surface area contributed by atoms with Gasteiger partial charge in [0.25, 0.3) is 5.92 Å². The number of hydrogen-bond acceptors (Lipinski definition) is 3. The van der Waals surface area contributed by atoms with Gasteiger partial charge in [0.1, 0.15) is 6.04 Å².